The van der Waals surface area contributed by atoms with Crippen molar-refractivity contribution in [1.29, 1.82) is 0 Å². The first-order chi connectivity index (χ1) is 14.7. The Morgan fingerprint density at radius 1 is 0.667 bits per heavy atom. The van der Waals surface area contributed by atoms with Gasteiger partial charge in [0.2, 0.25) is 0 Å². The number of hydrogen-bond donors (Lipinski definition) is 3. The second-order valence-electron chi connectivity index (χ2n) is 7.48. The molecule has 0 spiro atoms. The van der Waals surface area contributed by atoms with E-state index in [9.17, 15) is 45.0 Å². The van der Waals surface area contributed by atoms with Crippen LogP contribution in [0.5, 0.6) is 0 Å². The van der Waals surface area contributed by atoms with Crippen LogP contribution in [0.3, 0.4) is 0 Å². The first-order valence-electron chi connectivity index (χ1n) is 10.1. The Morgan fingerprint density at radius 3 is 1.21 bits per heavy atom. The predicted molar refractivity (Wildman–Crippen MR) is 106 cm³/mol. The van der Waals surface area contributed by atoms with Gasteiger partial charge in [-0.05, 0) is 0 Å². The Labute approximate surface area is 245 Å². The molecule has 0 radical (unpaired) electrons. The summed E-state index contributed by atoms with van der Waals surface area (Å²) in [5, 5.41) is 62.3. The maximum atomic E-state index is 11.1. The number of carboxylic acids is 3. The molecule has 1 fully saturated rings. The van der Waals surface area contributed by atoms with Gasteiger partial charge in [-0.1, -0.05) is 0 Å². The molecule has 0 aliphatic carbocycles. The van der Waals surface area contributed by atoms with E-state index in [0.29, 0.717) is 0 Å². The van der Waals surface area contributed by atoms with Crippen LogP contribution < -0.4 is 44.9 Å². The van der Waals surface area contributed by atoms with Gasteiger partial charge < -0.3 is 45.0 Å². The number of carboxylic acid groups (broad SMARTS) is 3. The molecule has 1 heterocycles. The van der Waals surface area contributed by atoms with Crippen molar-refractivity contribution in [2.24, 2.45) is 0 Å². The average Bonchev–Trinajstić information content (AvgIpc) is 2.68. The number of carbonyl (C=O) groups excluding carboxylic acids is 3. The molecule has 180 valence electrons. The molecule has 15 heteroatoms. The molecule has 2 unspecified atom stereocenters. The van der Waals surface area contributed by atoms with E-state index in [1.54, 1.807) is 14.7 Å². The van der Waals surface area contributed by atoms with Crippen molar-refractivity contribution in [2.45, 2.75) is 12.1 Å². The number of hydrogen-bond acceptors (Lipinski definition) is 13. The summed E-state index contributed by atoms with van der Waals surface area (Å²) in [5.41, 5.74) is 0. The van der Waals surface area contributed by atoms with Crippen LogP contribution in [0.4, 0.5) is 0 Å². The maximum absolute atomic E-state index is 11.1. The molecule has 0 saturated carbocycles. The molecule has 0 amide bonds. The van der Waals surface area contributed by atoms with Crippen molar-refractivity contribution in [3.63, 3.8) is 0 Å². The Morgan fingerprint density at radius 2 is 0.970 bits per heavy atom. The Hall–Kier alpha value is 0.390. The normalized spacial score (nSPS) is 19.7. The van der Waals surface area contributed by atoms with Gasteiger partial charge in [0.25, 0.3) is 0 Å². The fraction of sp³-hybridized carbons (Fsp3) is 0.833. The van der Waals surface area contributed by atoms with Crippen LogP contribution in [0, 0.1) is 0 Å². The van der Waals surface area contributed by atoms with Crippen molar-refractivity contribution < 1.29 is 74.6 Å². The molecule has 13 nitrogen and oxygen atoms in total. The van der Waals surface area contributed by atoms with Gasteiger partial charge >= 0.3 is 67.3 Å². The number of aliphatic carboxylic acids is 3. The molecule has 0 bridgehead atoms. The summed E-state index contributed by atoms with van der Waals surface area (Å²) in [7, 11) is 0. The van der Waals surface area contributed by atoms with E-state index in [4.69, 9.17) is 0 Å². The summed E-state index contributed by atoms with van der Waals surface area (Å²) < 4.78 is 0. The summed E-state index contributed by atoms with van der Waals surface area (Å²) in [4.78, 5) is 39.5. The third kappa shape index (κ3) is 15.2. The van der Waals surface area contributed by atoms with Crippen LogP contribution in [0.2, 0.25) is 0 Å². The van der Waals surface area contributed by atoms with Gasteiger partial charge in [-0.15, -0.1) is 0 Å². The molecule has 0 aromatic rings. The fourth-order valence-corrected chi connectivity index (χ4v) is 3.51. The number of nitrogens with zero attached hydrogens (tertiary/aromatic N) is 4. The molecule has 33 heavy (non-hydrogen) atoms. The van der Waals surface area contributed by atoms with Gasteiger partial charge in [-0.3, -0.25) is 19.6 Å². The van der Waals surface area contributed by atoms with Gasteiger partial charge in [0.1, 0.15) is 0 Å². The molecule has 2 atom stereocenters. The molecule has 1 aliphatic rings. The third-order valence-electron chi connectivity index (χ3n) is 5.22. The summed E-state index contributed by atoms with van der Waals surface area (Å²) in [5.74, 6) is -3.92. The van der Waals surface area contributed by atoms with Crippen LogP contribution in [-0.2, 0) is 14.4 Å². The van der Waals surface area contributed by atoms with Gasteiger partial charge in [0.05, 0.1) is 43.3 Å². The molecule has 3 N–H and O–H groups in total. The first-order valence-corrected chi connectivity index (χ1v) is 10.1. The van der Waals surface area contributed by atoms with Crippen LogP contribution in [0.25, 0.3) is 0 Å². The van der Waals surface area contributed by atoms with Gasteiger partial charge in [0.15, 0.2) is 0 Å². The smallest absolute Gasteiger partial charge is 0.549 e. The number of rotatable bonds is 10. The first kappa shape index (κ1) is 35.6. The average molecular weight is 511 g/mol. The molecule has 1 rings (SSSR count). The summed E-state index contributed by atoms with van der Waals surface area (Å²) in [6.07, 6.45) is -1.25. The summed E-state index contributed by atoms with van der Waals surface area (Å²) in [6.45, 7) is -0.648. The van der Waals surface area contributed by atoms with Crippen LogP contribution >= 0.6 is 0 Å². The van der Waals surface area contributed by atoms with E-state index in [-0.39, 0.29) is 126 Å². The van der Waals surface area contributed by atoms with E-state index in [1.165, 1.54) is 4.90 Å². The zero-order valence-electron chi connectivity index (χ0n) is 19.1. The second-order valence-corrected chi connectivity index (χ2v) is 7.48. The molecular weight excluding hydrogens is 479 g/mol. The molecule has 0 aromatic carbocycles. The minimum Gasteiger partial charge on any atom is -0.549 e. The van der Waals surface area contributed by atoms with Crippen molar-refractivity contribution in [2.75, 3.05) is 85.2 Å². The summed E-state index contributed by atoms with van der Waals surface area (Å²) >= 11 is 0. The zero-order chi connectivity index (χ0) is 23.4. The number of aliphatic hydroxyl groups excluding tert-OH is 3. The Bertz CT molecular complexity index is 561. The van der Waals surface area contributed by atoms with Gasteiger partial charge in [-0.25, -0.2) is 0 Å². The van der Waals surface area contributed by atoms with E-state index >= 15 is 0 Å². The maximum Gasteiger partial charge on any atom is 2.00 e. The SMILES string of the molecule is O=C([O-])CN1CCN(CC(=O)[O-])CCN(C(CO)C(O)CO)CCN(CC(=O)[O-])CC1.[Ca+2].[Na+]. The largest absolute Gasteiger partial charge is 2.00 e. The van der Waals surface area contributed by atoms with Crippen molar-refractivity contribution >= 4 is 55.6 Å². The van der Waals surface area contributed by atoms with E-state index < -0.39 is 56.4 Å². The minimum absolute atomic E-state index is 0. The van der Waals surface area contributed by atoms with Crippen LogP contribution in [0.1, 0.15) is 0 Å². The topological polar surface area (TPSA) is 194 Å². The Kier molecular flexibility index (Phi) is 21.1. The van der Waals surface area contributed by atoms with Crippen molar-refractivity contribution in [3.05, 3.63) is 0 Å². The monoisotopic (exact) mass is 510 g/mol. The second kappa shape index (κ2) is 19.6. The fourth-order valence-electron chi connectivity index (χ4n) is 3.51. The third-order valence-corrected chi connectivity index (χ3v) is 5.22. The molecule has 0 aromatic heterocycles. The van der Waals surface area contributed by atoms with Crippen LogP contribution in [-0.4, -0.2) is 188 Å². The standard InChI is InChI=1S/C18H34N4O9.Ca.Na/c23-12-14(15(25)13-24)22-7-5-20(10-17(28)29)3-1-19(9-16(26)27)2-4-21(6-8-22)11-18(30)31;;/h14-15,23-25H,1-13H2,(H,26,27)(H,28,29)(H,30,31);;/q;+2;+1/p-3. The summed E-state index contributed by atoms with van der Waals surface area (Å²) in [6, 6.07) is -0.836. The van der Waals surface area contributed by atoms with Crippen molar-refractivity contribution in [1.82, 2.24) is 19.6 Å². The quantitative estimate of drug-likeness (QED) is 0.235. The van der Waals surface area contributed by atoms with E-state index in [1.807, 2.05) is 0 Å². The zero-order valence-corrected chi connectivity index (χ0v) is 23.3. The number of carbonyl (C=O) groups is 3. The van der Waals surface area contributed by atoms with E-state index in [0.717, 1.165) is 0 Å². The van der Waals surface area contributed by atoms with Gasteiger partial charge in [0, 0.05) is 72.0 Å². The van der Waals surface area contributed by atoms with E-state index in [2.05, 4.69) is 0 Å². The predicted octanol–water partition coefficient (Wildman–Crippen LogP) is -11.2. The number of aliphatic hydroxyl groups is 3. The molecule has 1 saturated heterocycles. The minimum atomic E-state index is -1.31. The molecular formula is C18H31CaN4NaO9. The molecule has 1 aliphatic heterocycles. The Balaban J connectivity index is 0. The van der Waals surface area contributed by atoms with Gasteiger partial charge in [-0.2, -0.15) is 0 Å². The van der Waals surface area contributed by atoms with Crippen LogP contribution in [0.15, 0.2) is 0 Å². The van der Waals surface area contributed by atoms with Crippen molar-refractivity contribution in [3.8, 4) is 0 Å².